The highest BCUT2D eigenvalue weighted by Gasteiger charge is 2.38. The second-order valence-corrected chi connectivity index (χ2v) is 9.30. The van der Waals surface area contributed by atoms with Gasteiger partial charge in [0.2, 0.25) is 11.8 Å². The van der Waals surface area contributed by atoms with E-state index in [2.05, 4.69) is 10.3 Å². The van der Waals surface area contributed by atoms with E-state index in [-0.39, 0.29) is 30.3 Å². The molecule has 9 nitrogen and oxygen atoms in total. The minimum absolute atomic E-state index is 0.00333. The minimum atomic E-state index is -0.624. The van der Waals surface area contributed by atoms with Crippen molar-refractivity contribution in [1.29, 1.82) is 0 Å². The monoisotopic (exact) mass is 463 g/mol. The Morgan fingerprint density at radius 2 is 2.03 bits per heavy atom. The summed E-state index contributed by atoms with van der Waals surface area (Å²) < 4.78 is 15.5. The lowest BCUT2D eigenvalue weighted by Crippen LogP contribution is -2.44. The van der Waals surface area contributed by atoms with Gasteiger partial charge in [0.1, 0.15) is 11.6 Å². The van der Waals surface area contributed by atoms with Crippen LogP contribution < -0.4 is 10.1 Å². The molecule has 0 aliphatic carbocycles. The third-order valence-corrected chi connectivity index (χ3v) is 5.49. The number of nitrogens with zero attached hydrogens (tertiary/aromatic N) is 2. The number of likely N-dealkylation sites (tertiary alicyclic amines) is 1. The van der Waals surface area contributed by atoms with E-state index >= 15 is 0 Å². The SMILES string of the molecule is CCOC(=O)C[C@H](CCCN1C(=O)C(NC(=O)OC(C)(C)C)CC1C)c1ccc(OC)nc1. The molecule has 1 aliphatic heterocycles. The van der Waals surface area contributed by atoms with E-state index in [4.69, 9.17) is 14.2 Å². The molecular formula is C24H37N3O6. The molecule has 9 heteroatoms. The first-order chi connectivity index (χ1) is 15.5. The fourth-order valence-corrected chi connectivity index (χ4v) is 3.96. The highest BCUT2D eigenvalue weighted by molar-refractivity contribution is 5.88. The maximum atomic E-state index is 12.9. The Bertz CT molecular complexity index is 805. The summed E-state index contributed by atoms with van der Waals surface area (Å²) >= 11 is 0. The molecule has 0 bridgehead atoms. The molecule has 0 spiro atoms. The van der Waals surface area contributed by atoms with Crippen LogP contribution in [0.3, 0.4) is 0 Å². The average Bonchev–Trinajstić information content (AvgIpc) is 2.99. The van der Waals surface area contributed by atoms with Crippen molar-refractivity contribution in [1.82, 2.24) is 15.2 Å². The summed E-state index contributed by atoms with van der Waals surface area (Å²) in [5.74, 6) is 0.0618. The Hall–Kier alpha value is -2.84. The van der Waals surface area contributed by atoms with Crippen molar-refractivity contribution in [2.45, 2.75) is 83.9 Å². The lowest BCUT2D eigenvalue weighted by molar-refractivity contribution is -0.143. The molecule has 1 saturated heterocycles. The van der Waals surface area contributed by atoms with Crippen LogP contribution in [0.25, 0.3) is 0 Å². The Morgan fingerprint density at radius 3 is 2.61 bits per heavy atom. The molecule has 2 rings (SSSR count). The smallest absolute Gasteiger partial charge is 0.408 e. The number of rotatable bonds is 10. The van der Waals surface area contributed by atoms with Gasteiger partial charge in [-0.25, -0.2) is 9.78 Å². The molecular weight excluding hydrogens is 426 g/mol. The number of hydrogen-bond acceptors (Lipinski definition) is 7. The molecule has 0 radical (unpaired) electrons. The standard InChI is InChI=1S/C24H37N3O6/c1-7-32-21(28)14-17(18-10-11-20(31-6)25-15-18)9-8-12-27-16(2)13-19(22(27)29)26-23(30)33-24(3,4)5/h10-11,15-17,19H,7-9,12-14H2,1-6H3,(H,26,30)/t16?,17-,19?/m0/s1. The number of aromatic nitrogens is 1. The first-order valence-electron chi connectivity index (χ1n) is 11.5. The van der Waals surface area contributed by atoms with Crippen LogP contribution in [0.15, 0.2) is 18.3 Å². The summed E-state index contributed by atoms with van der Waals surface area (Å²) in [5, 5.41) is 2.69. The van der Waals surface area contributed by atoms with Gasteiger partial charge in [0.25, 0.3) is 0 Å². The van der Waals surface area contributed by atoms with Crippen LogP contribution in [-0.2, 0) is 19.1 Å². The maximum Gasteiger partial charge on any atom is 0.408 e. The van der Waals surface area contributed by atoms with E-state index in [0.29, 0.717) is 38.3 Å². The van der Waals surface area contributed by atoms with Crippen molar-refractivity contribution >= 4 is 18.0 Å². The lowest BCUT2D eigenvalue weighted by atomic mass is 9.92. The molecule has 2 amide bonds. The second kappa shape index (κ2) is 11.9. The highest BCUT2D eigenvalue weighted by atomic mass is 16.6. The van der Waals surface area contributed by atoms with Crippen molar-refractivity contribution in [3.63, 3.8) is 0 Å². The average molecular weight is 464 g/mol. The number of alkyl carbamates (subject to hydrolysis) is 1. The minimum Gasteiger partial charge on any atom is -0.481 e. The van der Waals surface area contributed by atoms with Crippen molar-refractivity contribution in [2.24, 2.45) is 0 Å². The van der Waals surface area contributed by atoms with Crippen LogP contribution in [0.1, 0.15) is 71.8 Å². The van der Waals surface area contributed by atoms with E-state index < -0.39 is 17.7 Å². The highest BCUT2D eigenvalue weighted by Crippen LogP contribution is 2.28. The van der Waals surface area contributed by atoms with E-state index in [9.17, 15) is 14.4 Å². The summed E-state index contributed by atoms with van der Waals surface area (Å²) in [5.41, 5.74) is 0.301. The molecule has 0 saturated carbocycles. The number of carbonyl (C=O) groups is 3. The lowest BCUT2D eigenvalue weighted by Gasteiger charge is -2.24. The molecule has 1 N–H and O–H groups in total. The zero-order valence-corrected chi connectivity index (χ0v) is 20.6. The number of ether oxygens (including phenoxy) is 3. The molecule has 1 fully saturated rings. The van der Waals surface area contributed by atoms with Crippen molar-refractivity contribution < 1.29 is 28.6 Å². The molecule has 2 heterocycles. The largest absolute Gasteiger partial charge is 0.481 e. The maximum absolute atomic E-state index is 12.9. The Labute approximate surface area is 196 Å². The third kappa shape index (κ3) is 8.22. The van der Waals surface area contributed by atoms with Crippen LogP contribution in [0.5, 0.6) is 5.88 Å². The number of esters is 1. The molecule has 184 valence electrons. The van der Waals surface area contributed by atoms with Gasteiger partial charge in [-0.1, -0.05) is 6.07 Å². The van der Waals surface area contributed by atoms with Gasteiger partial charge in [-0.05, 0) is 65.4 Å². The van der Waals surface area contributed by atoms with E-state index in [1.165, 1.54) is 0 Å². The number of carbonyl (C=O) groups excluding carboxylic acids is 3. The fraction of sp³-hybridized carbons (Fsp3) is 0.667. The first-order valence-corrected chi connectivity index (χ1v) is 11.5. The summed E-state index contributed by atoms with van der Waals surface area (Å²) in [6.45, 7) is 9.96. The van der Waals surface area contributed by atoms with E-state index in [1.54, 1.807) is 52.0 Å². The normalized spacial score (nSPS) is 19.2. The van der Waals surface area contributed by atoms with E-state index in [0.717, 1.165) is 5.56 Å². The predicted octanol–water partition coefficient (Wildman–Crippen LogP) is 3.42. The van der Waals surface area contributed by atoms with Crippen LogP contribution in [0, 0.1) is 0 Å². The Balaban J connectivity index is 1.96. The molecule has 33 heavy (non-hydrogen) atoms. The molecule has 1 aliphatic rings. The number of pyridine rings is 1. The van der Waals surface area contributed by atoms with Gasteiger partial charge in [-0.15, -0.1) is 0 Å². The van der Waals surface area contributed by atoms with Crippen molar-refractivity contribution in [3.05, 3.63) is 23.9 Å². The van der Waals surface area contributed by atoms with Gasteiger partial charge in [-0.3, -0.25) is 9.59 Å². The Kier molecular flexibility index (Phi) is 9.49. The van der Waals surface area contributed by atoms with Gasteiger partial charge in [-0.2, -0.15) is 0 Å². The summed E-state index contributed by atoms with van der Waals surface area (Å²) in [4.78, 5) is 43.1. The molecule has 1 aromatic rings. The third-order valence-electron chi connectivity index (χ3n) is 5.49. The fourth-order valence-electron chi connectivity index (χ4n) is 3.96. The molecule has 3 atom stereocenters. The second-order valence-electron chi connectivity index (χ2n) is 9.30. The number of nitrogens with one attached hydrogen (secondary N) is 1. The van der Waals surface area contributed by atoms with Crippen LogP contribution in [-0.4, -0.2) is 65.8 Å². The summed E-state index contributed by atoms with van der Waals surface area (Å²) in [6.07, 6.45) is 3.30. The van der Waals surface area contributed by atoms with Gasteiger partial charge in [0.05, 0.1) is 20.1 Å². The molecule has 0 aromatic carbocycles. The number of hydrogen-bond donors (Lipinski definition) is 1. The topological polar surface area (TPSA) is 107 Å². The van der Waals surface area contributed by atoms with Gasteiger partial charge >= 0.3 is 12.1 Å². The van der Waals surface area contributed by atoms with Crippen LogP contribution >= 0.6 is 0 Å². The van der Waals surface area contributed by atoms with Gasteiger partial charge < -0.3 is 24.4 Å². The van der Waals surface area contributed by atoms with Gasteiger partial charge in [0, 0.05) is 24.8 Å². The van der Waals surface area contributed by atoms with Crippen LogP contribution in [0.2, 0.25) is 0 Å². The zero-order chi connectivity index (χ0) is 24.6. The molecule has 1 aromatic heterocycles. The summed E-state index contributed by atoms with van der Waals surface area (Å²) in [7, 11) is 1.55. The Morgan fingerprint density at radius 1 is 1.30 bits per heavy atom. The zero-order valence-electron chi connectivity index (χ0n) is 20.6. The van der Waals surface area contributed by atoms with Gasteiger partial charge in [0.15, 0.2) is 0 Å². The van der Waals surface area contributed by atoms with Crippen molar-refractivity contribution in [3.8, 4) is 5.88 Å². The number of methoxy groups -OCH3 is 1. The summed E-state index contributed by atoms with van der Waals surface area (Å²) in [6, 6.07) is 3.09. The molecule has 2 unspecified atom stereocenters. The number of amides is 2. The predicted molar refractivity (Wildman–Crippen MR) is 123 cm³/mol. The quantitative estimate of drug-likeness (QED) is 0.530. The van der Waals surface area contributed by atoms with Crippen molar-refractivity contribution in [2.75, 3.05) is 20.3 Å². The van der Waals surface area contributed by atoms with E-state index in [1.807, 2.05) is 13.0 Å². The first kappa shape index (κ1) is 26.4. The van der Waals surface area contributed by atoms with Crippen LogP contribution in [0.4, 0.5) is 4.79 Å².